The summed E-state index contributed by atoms with van der Waals surface area (Å²) >= 11 is 0. The molecule has 0 saturated carbocycles. The number of aryl methyl sites for hydroxylation is 3. The summed E-state index contributed by atoms with van der Waals surface area (Å²) in [5.74, 6) is -0.234. The molecule has 10 nitrogen and oxygen atoms in total. The fraction of sp³-hybridized carbons (Fsp3) is 0.677. The van der Waals surface area contributed by atoms with Crippen LogP contribution in [0.5, 0.6) is 0 Å². The molecule has 1 fully saturated rings. The first kappa shape index (κ1) is 32.4. The Bertz CT molecular complexity index is 1140. The molecule has 2 atom stereocenters. The van der Waals surface area contributed by atoms with Gasteiger partial charge in [0.2, 0.25) is 5.91 Å². The third-order valence-electron chi connectivity index (χ3n) is 7.96. The lowest BCUT2D eigenvalue weighted by Gasteiger charge is -2.18. The van der Waals surface area contributed by atoms with Crippen LogP contribution in [0.2, 0.25) is 0 Å². The van der Waals surface area contributed by atoms with E-state index in [0.717, 1.165) is 18.5 Å². The van der Waals surface area contributed by atoms with Crippen molar-refractivity contribution < 1.29 is 14.4 Å². The average Bonchev–Trinajstić information content (AvgIpc) is 3.59. The van der Waals surface area contributed by atoms with Crippen molar-refractivity contribution in [1.29, 1.82) is 0 Å². The summed E-state index contributed by atoms with van der Waals surface area (Å²) in [7, 11) is 5.46. The molecule has 1 aliphatic heterocycles. The number of likely N-dealkylation sites (tertiary alicyclic amines) is 1. The van der Waals surface area contributed by atoms with Crippen molar-refractivity contribution in [3.8, 4) is 0 Å². The SMILES string of the molecule is CCCCCCCCCCCCCNC(=O)C1CC(NC(=O)c2cc(NC(=O)c3nc(C)cn3C)cn2C)CN1C. The minimum absolute atomic E-state index is 0.0321. The number of unbranched alkanes of at least 4 members (excludes halogenated alkanes) is 10. The largest absolute Gasteiger partial charge is 0.355 e. The number of aromatic nitrogens is 3. The quantitative estimate of drug-likeness (QED) is 0.242. The van der Waals surface area contributed by atoms with Gasteiger partial charge in [-0.15, -0.1) is 0 Å². The lowest BCUT2D eigenvalue weighted by Crippen LogP contribution is -2.41. The number of anilines is 1. The summed E-state index contributed by atoms with van der Waals surface area (Å²) in [6.07, 6.45) is 18.2. The Kier molecular flexibility index (Phi) is 12.9. The number of likely N-dealkylation sites (N-methyl/N-ethyl adjacent to an activating group) is 1. The molecule has 3 heterocycles. The number of carbonyl (C=O) groups excluding carboxylic acids is 3. The van der Waals surface area contributed by atoms with Gasteiger partial charge < -0.3 is 25.1 Å². The summed E-state index contributed by atoms with van der Waals surface area (Å²) in [6.45, 7) is 5.39. The maximum atomic E-state index is 13.0. The Hall–Kier alpha value is -3.14. The van der Waals surface area contributed by atoms with E-state index in [4.69, 9.17) is 0 Å². The zero-order chi connectivity index (χ0) is 29.8. The molecule has 228 valence electrons. The zero-order valence-electron chi connectivity index (χ0n) is 25.8. The van der Waals surface area contributed by atoms with E-state index < -0.39 is 0 Å². The van der Waals surface area contributed by atoms with E-state index in [0.29, 0.717) is 36.7 Å². The van der Waals surface area contributed by atoms with Crippen LogP contribution in [0.4, 0.5) is 5.69 Å². The Balaban J connectivity index is 1.35. The molecule has 10 heteroatoms. The second kappa shape index (κ2) is 16.3. The van der Waals surface area contributed by atoms with Gasteiger partial charge in [0.1, 0.15) is 5.69 Å². The number of nitrogens with one attached hydrogen (secondary N) is 3. The third kappa shape index (κ3) is 10.0. The van der Waals surface area contributed by atoms with Crippen molar-refractivity contribution in [2.24, 2.45) is 14.1 Å². The second-order valence-corrected chi connectivity index (χ2v) is 11.7. The van der Waals surface area contributed by atoms with Crippen LogP contribution in [0, 0.1) is 6.92 Å². The predicted octanol–water partition coefficient (Wildman–Crippen LogP) is 4.55. The van der Waals surface area contributed by atoms with Gasteiger partial charge in [0.05, 0.1) is 17.4 Å². The van der Waals surface area contributed by atoms with Gasteiger partial charge in [-0.2, -0.15) is 0 Å². The van der Waals surface area contributed by atoms with Crippen molar-refractivity contribution in [1.82, 2.24) is 29.7 Å². The smallest absolute Gasteiger partial charge is 0.291 e. The van der Waals surface area contributed by atoms with Crippen molar-refractivity contribution >= 4 is 23.4 Å². The molecule has 2 unspecified atom stereocenters. The van der Waals surface area contributed by atoms with Crippen molar-refractivity contribution in [3.05, 3.63) is 35.7 Å². The number of amides is 3. The first-order chi connectivity index (χ1) is 19.7. The summed E-state index contributed by atoms with van der Waals surface area (Å²) in [5, 5.41) is 8.98. The van der Waals surface area contributed by atoms with E-state index in [9.17, 15) is 14.4 Å². The first-order valence-electron chi connectivity index (χ1n) is 15.5. The van der Waals surface area contributed by atoms with Crippen LogP contribution >= 0.6 is 0 Å². The van der Waals surface area contributed by atoms with Crippen molar-refractivity contribution in [2.75, 3.05) is 25.5 Å². The topological polar surface area (TPSA) is 113 Å². The zero-order valence-corrected chi connectivity index (χ0v) is 25.8. The van der Waals surface area contributed by atoms with Gasteiger partial charge in [0.25, 0.3) is 11.8 Å². The van der Waals surface area contributed by atoms with Crippen LogP contribution in [0.15, 0.2) is 18.5 Å². The fourth-order valence-electron chi connectivity index (χ4n) is 5.66. The number of hydrogen-bond donors (Lipinski definition) is 3. The van der Waals surface area contributed by atoms with Gasteiger partial charge in [-0.05, 0) is 32.9 Å². The van der Waals surface area contributed by atoms with E-state index >= 15 is 0 Å². The first-order valence-corrected chi connectivity index (χ1v) is 15.5. The summed E-state index contributed by atoms with van der Waals surface area (Å²) in [4.78, 5) is 44.7. The van der Waals surface area contributed by atoms with Crippen molar-refractivity contribution in [2.45, 2.75) is 103 Å². The molecular formula is C31H51N7O3. The molecule has 0 spiro atoms. The molecule has 1 saturated heterocycles. The van der Waals surface area contributed by atoms with Crippen molar-refractivity contribution in [3.63, 3.8) is 0 Å². The van der Waals surface area contributed by atoms with E-state index in [1.165, 1.54) is 57.8 Å². The molecule has 0 bridgehead atoms. The maximum Gasteiger partial charge on any atom is 0.291 e. The van der Waals surface area contributed by atoms with E-state index in [-0.39, 0.29) is 29.8 Å². The van der Waals surface area contributed by atoms with Crippen LogP contribution < -0.4 is 16.0 Å². The second-order valence-electron chi connectivity index (χ2n) is 11.7. The maximum absolute atomic E-state index is 13.0. The van der Waals surface area contributed by atoms with Gasteiger partial charge >= 0.3 is 0 Å². The van der Waals surface area contributed by atoms with Gasteiger partial charge in [0, 0.05) is 45.6 Å². The molecule has 41 heavy (non-hydrogen) atoms. The summed E-state index contributed by atoms with van der Waals surface area (Å²) in [6, 6.07) is 1.27. The molecule has 3 rings (SSSR count). The number of carbonyl (C=O) groups is 3. The summed E-state index contributed by atoms with van der Waals surface area (Å²) < 4.78 is 3.35. The van der Waals surface area contributed by atoms with Crippen LogP contribution in [0.25, 0.3) is 0 Å². The standard InChI is InChI=1S/C31H51N7O3/c1-6-7-8-9-10-11-12-13-14-15-16-17-32-29(39)26-18-24(21-36(26)3)34-30(40)27-19-25(22-37(27)4)35-31(41)28-33-23(2)20-38(28)5/h19-20,22,24,26H,6-18,21H2,1-5H3,(H,32,39)(H,34,40)(H,35,41). The van der Waals surface area contributed by atoms with Crippen LogP contribution in [-0.4, -0.2) is 69.0 Å². The third-order valence-corrected chi connectivity index (χ3v) is 7.96. The minimum atomic E-state index is -0.336. The summed E-state index contributed by atoms with van der Waals surface area (Å²) in [5.41, 5.74) is 1.71. The molecular weight excluding hydrogens is 518 g/mol. The molecule has 0 radical (unpaired) electrons. The fourth-order valence-corrected chi connectivity index (χ4v) is 5.66. The number of rotatable bonds is 17. The lowest BCUT2D eigenvalue weighted by atomic mass is 10.1. The van der Waals surface area contributed by atoms with E-state index in [2.05, 4.69) is 27.9 Å². The molecule has 2 aromatic heterocycles. The van der Waals surface area contributed by atoms with Crippen LogP contribution in [0.1, 0.15) is 111 Å². The highest BCUT2D eigenvalue weighted by Crippen LogP contribution is 2.19. The van der Waals surface area contributed by atoms with Gasteiger partial charge in [-0.25, -0.2) is 4.98 Å². The van der Waals surface area contributed by atoms with Gasteiger partial charge in [-0.1, -0.05) is 71.1 Å². The highest BCUT2D eigenvalue weighted by atomic mass is 16.2. The van der Waals surface area contributed by atoms with E-state index in [1.54, 1.807) is 41.7 Å². The predicted molar refractivity (Wildman–Crippen MR) is 163 cm³/mol. The lowest BCUT2D eigenvalue weighted by molar-refractivity contribution is -0.125. The molecule has 1 aliphatic rings. The van der Waals surface area contributed by atoms with Gasteiger partial charge in [-0.3, -0.25) is 19.3 Å². The van der Waals surface area contributed by atoms with E-state index in [1.807, 2.05) is 18.9 Å². The van der Waals surface area contributed by atoms with Gasteiger partial charge in [0.15, 0.2) is 5.82 Å². The molecule has 0 aliphatic carbocycles. The highest BCUT2D eigenvalue weighted by molar-refractivity contribution is 6.03. The number of nitrogens with zero attached hydrogens (tertiary/aromatic N) is 4. The Morgan fingerprint density at radius 1 is 0.878 bits per heavy atom. The number of imidazole rings is 1. The number of hydrogen-bond acceptors (Lipinski definition) is 5. The Morgan fingerprint density at radius 3 is 2.12 bits per heavy atom. The Labute approximate surface area is 245 Å². The highest BCUT2D eigenvalue weighted by Gasteiger charge is 2.35. The minimum Gasteiger partial charge on any atom is -0.355 e. The molecule has 3 amide bonds. The molecule has 3 N–H and O–H groups in total. The molecule has 0 aromatic carbocycles. The van der Waals surface area contributed by atoms with Crippen LogP contribution in [0.3, 0.4) is 0 Å². The average molecular weight is 570 g/mol. The monoisotopic (exact) mass is 569 g/mol. The normalized spacial score (nSPS) is 17.1. The molecule has 2 aromatic rings. The van der Waals surface area contributed by atoms with Crippen LogP contribution in [-0.2, 0) is 18.9 Å². The Morgan fingerprint density at radius 2 is 1.51 bits per heavy atom.